The van der Waals surface area contributed by atoms with Crippen molar-refractivity contribution in [2.75, 3.05) is 26.2 Å². The molecule has 0 radical (unpaired) electrons. The summed E-state index contributed by atoms with van der Waals surface area (Å²) in [6, 6.07) is 4.31. The second-order valence-electron chi connectivity index (χ2n) is 7.56. The second kappa shape index (κ2) is 8.49. The van der Waals surface area contributed by atoms with Gasteiger partial charge in [0.05, 0.1) is 11.5 Å². The number of nitro benzene ring substituents is 1. The first-order chi connectivity index (χ1) is 12.2. The minimum absolute atomic E-state index is 0.165. The molecule has 1 heterocycles. The number of benzene rings is 1. The van der Waals surface area contributed by atoms with Crippen molar-refractivity contribution in [3.8, 4) is 5.75 Å². The average Bonchev–Trinajstić information content (AvgIpc) is 2.60. The van der Waals surface area contributed by atoms with Crippen LogP contribution in [-0.4, -0.2) is 47.5 Å². The van der Waals surface area contributed by atoms with Crippen molar-refractivity contribution in [1.29, 1.82) is 0 Å². The fraction of sp³-hybridized carbons (Fsp3) is 0.632. The highest BCUT2D eigenvalue weighted by Crippen LogP contribution is 2.28. The van der Waals surface area contributed by atoms with Crippen LogP contribution in [0, 0.1) is 16.0 Å². The van der Waals surface area contributed by atoms with Gasteiger partial charge in [0.25, 0.3) is 5.91 Å². The van der Waals surface area contributed by atoms with Gasteiger partial charge < -0.3 is 10.1 Å². The molecule has 2 rings (SSSR count). The van der Waals surface area contributed by atoms with E-state index < -0.39 is 4.92 Å². The van der Waals surface area contributed by atoms with E-state index in [9.17, 15) is 14.9 Å². The number of nitrogens with zero attached hydrogens (tertiary/aromatic N) is 2. The maximum Gasteiger partial charge on any atom is 0.311 e. The van der Waals surface area contributed by atoms with Crippen molar-refractivity contribution in [3.05, 3.63) is 33.9 Å². The number of rotatable bonds is 7. The van der Waals surface area contributed by atoms with E-state index in [0.29, 0.717) is 19.1 Å². The molecule has 7 nitrogen and oxygen atoms in total. The summed E-state index contributed by atoms with van der Waals surface area (Å²) < 4.78 is 5.26. The van der Waals surface area contributed by atoms with Gasteiger partial charge in [-0.2, -0.15) is 0 Å². The summed E-state index contributed by atoms with van der Waals surface area (Å²) in [6.45, 7) is 11.1. The largest absolute Gasteiger partial charge is 0.487 e. The maximum absolute atomic E-state index is 12.5. The lowest BCUT2D eigenvalue weighted by Gasteiger charge is -2.43. The fourth-order valence-electron chi connectivity index (χ4n) is 3.33. The van der Waals surface area contributed by atoms with Gasteiger partial charge in [0, 0.05) is 30.3 Å². The topological polar surface area (TPSA) is 84.7 Å². The Hall–Kier alpha value is -2.15. The van der Waals surface area contributed by atoms with Crippen molar-refractivity contribution >= 4 is 11.6 Å². The predicted octanol–water partition coefficient (Wildman–Crippen LogP) is 3.23. The van der Waals surface area contributed by atoms with E-state index in [2.05, 4.69) is 31.0 Å². The molecule has 1 fully saturated rings. The van der Waals surface area contributed by atoms with E-state index in [-0.39, 0.29) is 28.4 Å². The van der Waals surface area contributed by atoms with Gasteiger partial charge in [-0.3, -0.25) is 19.8 Å². The molecule has 1 aromatic carbocycles. The van der Waals surface area contributed by atoms with Crippen LogP contribution in [0.5, 0.6) is 5.75 Å². The summed E-state index contributed by atoms with van der Waals surface area (Å²) in [6.07, 6.45) is 2.42. The molecule has 1 aliphatic rings. The van der Waals surface area contributed by atoms with Crippen LogP contribution in [0.1, 0.15) is 50.9 Å². The van der Waals surface area contributed by atoms with E-state index in [1.165, 1.54) is 25.0 Å². The number of piperidine rings is 1. The zero-order chi connectivity index (χ0) is 19.3. The Bertz CT molecular complexity index is 660. The number of hydrogen-bond donors (Lipinski definition) is 1. The molecule has 0 aromatic heterocycles. The molecule has 0 spiro atoms. The fourth-order valence-corrected chi connectivity index (χ4v) is 3.33. The van der Waals surface area contributed by atoms with E-state index >= 15 is 0 Å². The molecule has 0 bridgehead atoms. The van der Waals surface area contributed by atoms with Crippen LogP contribution in [0.2, 0.25) is 0 Å². The third-order valence-corrected chi connectivity index (χ3v) is 4.91. The second-order valence-corrected chi connectivity index (χ2v) is 7.56. The molecule has 0 saturated carbocycles. The molecule has 1 atom stereocenters. The molecular formula is C19H29N3O4. The van der Waals surface area contributed by atoms with Gasteiger partial charge in [0.2, 0.25) is 0 Å². The first kappa shape index (κ1) is 20.2. The minimum atomic E-state index is -0.527. The molecule has 7 heteroatoms. The summed E-state index contributed by atoms with van der Waals surface area (Å²) in [5, 5.41) is 14.1. The van der Waals surface area contributed by atoms with Gasteiger partial charge >= 0.3 is 5.69 Å². The lowest BCUT2D eigenvalue weighted by atomic mass is 9.93. The minimum Gasteiger partial charge on any atom is -0.487 e. The van der Waals surface area contributed by atoms with Crippen molar-refractivity contribution in [3.63, 3.8) is 0 Å². The maximum atomic E-state index is 12.5. The molecule has 1 N–H and O–H groups in total. The van der Waals surface area contributed by atoms with Crippen LogP contribution in [0.15, 0.2) is 18.2 Å². The van der Waals surface area contributed by atoms with Crippen LogP contribution < -0.4 is 10.1 Å². The van der Waals surface area contributed by atoms with Gasteiger partial charge in [0.1, 0.15) is 0 Å². The number of nitro groups is 1. The number of hydrogen-bond acceptors (Lipinski definition) is 5. The highest BCUT2D eigenvalue weighted by Gasteiger charge is 2.30. The van der Waals surface area contributed by atoms with Crippen molar-refractivity contribution in [2.45, 2.75) is 46.1 Å². The number of ether oxygens (including phenoxy) is 1. The first-order valence-electron chi connectivity index (χ1n) is 9.19. The van der Waals surface area contributed by atoms with Crippen molar-refractivity contribution in [2.24, 2.45) is 5.92 Å². The summed E-state index contributed by atoms with van der Waals surface area (Å²) in [5.41, 5.74) is -0.0896. The standard InChI is InChI=1S/C19H29N3O4/c1-5-26-17-9-8-15(11-16(17)22(24)25)18(23)20-13-19(3,4)21-10-6-7-14(2)12-21/h8-9,11,14H,5-7,10,12-13H2,1-4H3,(H,20,23)/t14-/m1/s1. The Morgan fingerprint density at radius 3 is 2.81 bits per heavy atom. The highest BCUT2D eigenvalue weighted by atomic mass is 16.6. The van der Waals surface area contributed by atoms with Crippen molar-refractivity contribution < 1.29 is 14.5 Å². The molecule has 1 aliphatic heterocycles. The zero-order valence-corrected chi connectivity index (χ0v) is 16.1. The molecule has 0 aliphatic carbocycles. The van der Waals surface area contributed by atoms with E-state index in [0.717, 1.165) is 13.1 Å². The molecular weight excluding hydrogens is 334 g/mol. The van der Waals surface area contributed by atoms with Crippen LogP contribution in [0.4, 0.5) is 5.69 Å². The predicted molar refractivity (Wildman–Crippen MR) is 101 cm³/mol. The summed E-state index contributed by atoms with van der Waals surface area (Å²) in [5.74, 6) is 0.526. The van der Waals surface area contributed by atoms with Gasteiger partial charge in [-0.15, -0.1) is 0 Å². The summed E-state index contributed by atoms with van der Waals surface area (Å²) in [4.78, 5) is 25.6. The molecule has 144 valence electrons. The molecule has 1 saturated heterocycles. The Balaban J connectivity index is 2.05. The highest BCUT2D eigenvalue weighted by molar-refractivity contribution is 5.95. The van der Waals surface area contributed by atoms with Crippen LogP contribution in [0.25, 0.3) is 0 Å². The normalized spacial score (nSPS) is 18.4. The van der Waals surface area contributed by atoms with Crippen LogP contribution in [0.3, 0.4) is 0 Å². The first-order valence-corrected chi connectivity index (χ1v) is 9.19. The summed E-state index contributed by atoms with van der Waals surface area (Å²) in [7, 11) is 0. The third kappa shape index (κ3) is 4.94. The molecule has 26 heavy (non-hydrogen) atoms. The molecule has 1 aromatic rings. The Labute approximate surface area is 154 Å². The number of carbonyl (C=O) groups excluding carboxylic acids is 1. The lowest BCUT2D eigenvalue weighted by Crippen LogP contribution is -2.54. The van der Waals surface area contributed by atoms with Crippen LogP contribution >= 0.6 is 0 Å². The average molecular weight is 363 g/mol. The Kier molecular flexibility index (Phi) is 6.58. The summed E-state index contributed by atoms with van der Waals surface area (Å²) >= 11 is 0. The van der Waals surface area contributed by atoms with Crippen LogP contribution in [-0.2, 0) is 0 Å². The lowest BCUT2D eigenvalue weighted by molar-refractivity contribution is -0.385. The monoisotopic (exact) mass is 363 g/mol. The quantitative estimate of drug-likeness (QED) is 0.594. The molecule has 0 unspecified atom stereocenters. The van der Waals surface area contributed by atoms with E-state index in [1.807, 2.05) is 0 Å². The molecule has 1 amide bonds. The number of nitrogens with one attached hydrogen (secondary N) is 1. The van der Waals surface area contributed by atoms with Gasteiger partial charge in [-0.1, -0.05) is 6.92 Å². The SMILES string of the molecule is CCOc1ccc(C(=O)NCC(C)(C)N2CCC[C@@H](C)C2)cc1[N+](=O)[O-]. The van der Waals surface area contributed by atoms with Gasteiger partial charge in [0.15, 0.2) is 5.75 Å². The number of carbonyl (C=O) groups is 1. The number of likely N-dealkylation sites (tertiary alicyclic amines) is 1. The number of amides is 1. The zero-order valence-electron chi connectivity index (χ0n) is 16.1. The van der Waals surface area contributed by atoms with E-state index in [1.54, 1.807) is 13.0 Å². The van der Waals surface area contributed by atoms with Gasteiger partial charge in [-0.05, 0) is 58.2 Å². The van der Waals surface area contributed by atoms with Crippen molar-refractivity contribution in [1.82, 2.24) is 10.2 Å². The third-order valence-electron chi connectivity index (χ3n) is 4.91. The smallest absolute Gasteiger partial charge is 0.311 e. The van der Waals surface area contributed by atoms with E-state index in [4.69, 9.17) is 4.74 Å². The Morgan fingerprint density at radius 1 is 1.46 bits per heavy atom. The Morgan fingerprint density at radius 2 is 2.19 bits per heavy atom. The van der Waals surface area contributed by atoms with Gasteiger partial charge in [-0.25, -0.2) is 0 Å².